The van der Waals surface area contributed by atoms with Gasteiger partial charge in [0.25, 0.3) is 0 Å². The van der Waals surface area contributed by atoms with Crippen molar-refractivity contribution in [2.45, 2.75) is 19.5 Å². The normalized spacial score (nSPS) is 14.3. The van der Waals surface area contributed by atoms with Crippen molar-refractivity contribution in [2.24, 2.45) is 0 Å². The van der Waals surface area contributed by atoms with Crippen LogP contribution in [0, 0.1) is 0 Å². The number of benzene rings is 1. The number of hydrogen-bond donors (Lipinski definition) is 0. The Balaban J connectivity index is 2.02. The molecule has 0 amide bonds. The van der Waals surface area contributed by atoms with Crippen LogP contribution in [0.4, 0.5) is 5.69 Å². The van der Waals surface area contributed by atoms with Crippen LogP contribution in [0.2, 0.25) is 0 Å². The summed E-state index contributed by atoms with van der Waals surface area (Å²) < 4.78 is 6.62. The van der Waals surface area contributed by atoms with E-state index in [1.807, 2.05) is 18.8 Å². The molecule has 0 saturated heterocycles. The van der Waals surface area contributed by atoms with Gasteiger partial charge in [-0.2, -0.15) is 5.10 Å². The Labute approximate surface area is 142 Å². The summed E-state index contributed by atoms with van der Waals surface area (Å²) in [7, 11) is 7.57. The van der Waals surface area contributed by atoms with Crippen LogP contribution in [-0.2, 0) is 29.0 Å². The minimum Gasteiger partial charge on any atom is -0.468 e. The highest BCUT2D eigenvalue weighted by molar-refractivity contribution is 5.71. The molecular weight excluding hydrogens is 304 g/mol. The van der Waals surface area contributed by atoms with Crippen molar-refractivity contribution >= 4 is 11.7 Å². The fraction of sp³-hybridized carbons (Fsp3) is 0.444. The molecule has 2 aromatic rings. The van der Waals surface area contributed by atoms with E-state index >= 15 is 0 Å². The smallest absolute Gasteiger partial charge is 0.327 e. The minimum atomic E-state index is -0.270. The van der Waals surface area contributed by atoms with Gasteiger partial charge < -0.3 is 14.5 Å². The summed E-state index contributed by atoms with van der Waals surface area (Å²) in [6, 6.07) is 8.37. The first-order valence-corrected chi connectivity index (χ1v) is 8.11. The highest BCUT2D eigenvalue weighted by Gasteiger charge is 2.25. The molecule has 0 atom stereocenters. The van der Waals surface area contributed by atoms with Crippen molar-refractivity contribution in [3.05, 3.63) is 35.5 Å². The Kier molecular flexibility index (Phi) is 4.57. The lowest BCUT2D eigenvalue weighted by Crippen LogP contribution is -2.28. The van der Waals surface area contributed by atoms with Crippen LogP contribution in [0.15, 0.2) is 24.3 Å². The highest BCUT2D eigenvalue weighted by atomic mass is 16.5. The molecular formula is C18H24N4O2. The molecule has 0 radical (unpaired) electrons. The fourth-order valence-corrected chi connectivity index (χ4v) is 3.09. The largest absolute Gasteiger partial charge is 0.468 e. The number of nitrogens with zero attached hydrogens (tertiary/aromatic N) is 4. The molecule has 0 N–H and O–H groups in total. The number of carbonyl (C=O) groups excluding carboxylic acids is 1. The number of likely N-dealkylation sites (N-methyl/N-ethyl adjacent to an activating group) is 1. The van der Waals surface area contributed by atoms with E-state index in [2.05, 4.69) is 41.1 Å². The molecule has 0 bridgehead atoms. The fourth-order valence-electron chi connectivity index (χ4n) is 3.09. The van der Waals surface area contributed by atoms with Crippen LogP contribution in [0.5, 0.6) is 0 Å². The lowest BCUT2D eigenvalue weighted by atomic mass is 10.0. The molecule has 0 spiro atoms. The van der Waals surface area contributed by atoms with Crippen LogP contribution >= 0.6 is 0 Å². The third-order valence-electron chi connectivity index (χ3n) is 4.49. The molecule has 6 nitrogen and oxygen atoms in total. The minimum absolute atomic E-state index is 0.165. The summed E-state index contributed by atoms with van der Waals surface area (Å²) in [4.78, 5) is 16.1. The average Bonchev–Trinajstić information content (AvgIpc) is 2.92. The van der Waals surface area contributed by atoms with Gasteiger partial charge in [-0.25, -0.2) is 0 Å². The van der Waals surface area contributed by atoms with Gasteiger partial charge in [0.1, 0.15) is 6.54 Å². The first-order valence-electron chi connectivity index (χ1n) is 8.11. The molecule has 3 rings (SSSR count). The summed E-state index contributed by atoms with van der Waals surface area (Å²) in [5.74, 6) is -0.270. The Bertz CT molecular complexity index is 734. The Morgan fingerprint density at radius 3 is 2.62 bits per heavy atom. The monoisotopic (exact) mass is 328 g/mol. The SMILES string of the molecule is COC(=O)Cn1nc(-c2ccc(N(C)C)cc2)c2c1CCN(C)C2. The number of rotatable bonds is 4. The van der Waals surface area contributed by atoms with E-state index in [0.717, 1.165) is 42.1 Å². The molecule has 0 saturated carbocycles. The molecule has 1 aliphatic rings. The number of esters is 1. The van der Waals surface area contributed by atoms with E-state index in [1.54, 1.807) is 0 Å². The standard InChI is InChI=1S/C18H24N4O2/c1-20(2)14-7-5-13(6-8-14)18-15-11-21(3)10-9-16(15)22(19-18)12-17(23)24-4/h5-8H,9-12H2,1-4H3. The van der Waals surface area contributed by atoms with Gasteiger partial charge in [0.15, 0.2) is 0 Å². The molecule has 24 heavy (non-hydrogen) atoms. The maximum Gasteiger partial charge on any atom is 0.327 e. The number of anilines is 1. The van der Waals surface area contributed by atoms with Gasteiger partial charge >= 0.3 is 5.97 Å². The van der Waals surface area contributed by atoms with Gasteiger partial charge in [-0.05, 0) is 19.2 Å². The maximum atomic E-state index is 11.7. The van der Waals surface area contributed by atoms with Gasteiger partial charge in [-0.3, -0.25) is 9.48 Å². The Morgan fingerprint density at radius 1 is 1.29 bits per heavy atom. The predicted molar refractivity (Wildman–Crippen MR) is 94.0 cm³/mol. The number of fused-ring (bicyclic) bond motifs is 1. The lowest BCUT2D eigenvalue weighted by molar-refractivity contribution is -0.141. The zero-order chi connectivity index (χ0) is 17.3. The Hall–Kier alpha value is -2.34. The number of hydrogen-bond acceptors (Lipinski definition) is 5. The highest BCUT2D eigenvalue weighted by Crippen LogP contribution is 2.30. The molecule has 1 aromatic carbocycles. The van der Waals surface area contributed by atoms with Crippen LogP contribution in [0.3, 0.4) is 0 Å². The van der Waals surface area contributed by atoms with Crippen molar-refractivity contribution < 1.29 is 9.53 Å². The second-order valence-electron chi connectivity index (χ2n) is 6.44. The Morgan fingerprint density at radius 2 is 2.00 bits per heavy atom. The van der Waals surface area contributed by atoms with Crippen molar-refractivity contribution in [1.82, 2.24) is 14.7 Å². The molecule has 0 unspecified atom stereocenters. The molecule has 0 fully saturated rings. The second-order valence-corrected chi connectivity index (χ2v) is 6.44. The summed E-state index contributed by atoms with van der Waals surface area (Å²) >= 11 is 0. The van der Waals surface area contributed by atoms with Crippen molar-refractivity contribution in [3.8, 4) is 11.3 Å². The van der Waals surface area contributed by atoms with E-state index in [0.29, 0.717) is 0 Å². The van der Waals surface area contributed by atoms with Crippen molar-refractivity contribution in [2.75, 3.05) is 39.7 Å². The van der Waals surface area contributed by atoms with Crippen LogP contribution in [-0.4, -0.2) is 55.4 Å². The zero-order valence-electron chi connectivity index (χ0n) is 14.7. The number of ether oxygens (including phenoxy) is 1. The molecule has 0 aliphatic carbocycles. The van der Waals surface area contributed by atoms with E-state index in [4.69, 9.17) is 9.84 Å². The predicted octanol–water partition coefficient (Wildman–Crippen LogP) is 1.78. The topological polar surface area (TPSA) is 50.6 Å². The summed E-state index contributed by atoms with van der Waals surface area (Å²) in [6.07, 6.45) is 0.894. The van der Waals surface area contributed by atoms with Gasteiger partial charge in [-0.1, -0.05) is 12.1 Å². The van der Waals surface area contributed by atoms with E-state index in [9.17, 15) is 4.79 Å². The molecule has 1 aromatic heterocycles. The van der Waals surface area contributed by atoms with E-state index < -0.39 is 0 Å². The first kappa shape index (κ1) is 16.5. The third kappa shape index (κ3) is 3.14. The maximum absolute atomic E-state index is 11.7. The van der Waals surface area contributed by atoms with Crippen LogP contribution in [0.25, 0.3) is 11.3 Å². The second kappa shape index (κ2) is 6.65. The lowest BCUT2D eigenvalue weighted by Gasteiger charge is -2.23. The number of carbonyl (C=O) groups is 1. The number of aromatic nitrogens is 2. The van der Waals surface area contributed by atoms with Gasteiger partial charge in [-0.15, -0.1) is 0 Å². The number of methoxy groups -OCH3 is 1. The summed E-state index contributed by atoms with van der Waals surface area (Å²) in [5, 5.41) is 4.73. The molecule has 6 heteroatoms. The quantitative estimate of drug-likeness (QED) is 0.801. The zero-order valence-corrected chi connectivity index (χ0v) is 14.7. The summed E-state index contributed by atoms with van der Waals surface area (Å²) in [6.45, 7) is 1.98. The van der Waals surface area contributed by atoms with Crippen LogP contribution < -0.4 is 4.90 Å². The molecule has 128 valence electrons. The average molecular weight is 328 g/mol. The van der Waals surface area contributed by atoms with Gasteiger partial charge in [0.2, 0.25) is 0 Å². The van der Waals surface area contributed by atoms with Crippen molar-refractivity contribution in [3.63, 3.8) is 0 Å². The van der Waals surface area contributed by atoms with Crippen molar-refractivity contribution in [1.29, 1.82) is 0 Å². The van der Waals surface area contributed by atoms with Crippen LogP contribution in [0.1, 0.15) is 11.3 Å². The first-order chi connectivity index (χ1) is 11.5. The van der Waals surface area contributed by atoms with E-state index in [-0.39, 0.29) is 12.5 Å². The van der Waals surface area contributed by atoms with E-state index in [1.165, 1.54) is 12.7 Å². The summed E-state index contributed by atoms with van der Waals surface area (Å²) in [5.41, 5.74) is 5.55. The third-order valence-corrected chi connectivity index (χ3v) is 4.49. The van der Waals surface area contributed by atoms with Gasteiger partial charge in [0, 0.05) is 56.1 Å². The molecule has 2 heterocycles. The van der Waals surface area contributed by atoms with Gasteiger partial charge in [0.05, 0.1) is 12.8 Å². The molecule has 1 aliphatic heterocycles.